The van der Waals surface area contributed by atoms with Crippen molar-refractivity contribution in [1.29, 1.82) is 0 Å². The van der Waals surface area contributed by atoms with E-state index < -0.39 is 0 Å². The molecule has 128 valence electrons. The first-order valence-electron chi connectivity index (χ1n) is 8.09. The summed E-state index contributed by atoms with van der Waals surface area (Å²) >= 11 is 5.89. The Labute approximate surface area is 144 Å². The lowest BCUT2D eigenvalue weighted by atomic mass is 10.0. The fraction of sp³-hybridized carbons (Fsp3) is 0.556. The van der Waals surface area contributed by atoms with Crippen LogP contribution in [0.2, 0.25) is 5.02 Å². The fourth-order valence-corrected chi connectivity index (χ4v) is 2.49. The zero-order chi connectivity index (χ0) is 17.4. The van der Waals surface area contributed by atoms with Crippen molar-refractivity contribution in [2.45, 2.75) is 59.0 Å². The van der Waals surface area contributed by atoms with Crippen molar-refractivity contribution in [2.75, 3.05) is 0 Å². The maximum Gasteiger partial charge on any atom is 0.222 e. The fourth-order valence-electron chi connectivity index (χ4n) is 2.37. The summed E-state index contributed by atoms with van der Waals surface area (Å²) in [6, 6.07) is 6.97. The van der Waals surface area contributed by atoms with Gasteiger partial charge in [-0.2, -0.15) is 0 Å². The lowest BCUT2D eigenvalue weighted by molar-refractivity contribution is -0.123. The van der Waals surface area contributed by atoms with Gasteiger partial charge in [0, 0.05) is 18.0 Å². The number of nitrogens with one attached hydrogen (secondary N) is 2. The molecule has 0 radical (unpaired) electrons. The Balaban J connectivity index is 2.64. The second-order valence-corrected chi connectivity index (χ2v) is 6.88. The van der Waals surface area contributed by atoms with E-state index in [1.165, 1.54) is 6.92 Å². The topological polar surface area (TPSA) is 58.2 Å². The molecule has 0 heterocycles. The second kappa shape index (κ2) is 9.56. The summed E-state index contributed by atoms with van der Waals surface area (Å²) in [6.07, 6.45) is 2.25. The molecule has 1 aromatic carbocycles. The molecule has 0 aliphatic carbocycles. The molecule has 2 atom stereocenters. The molecule has 0 unspecified atom stereocenters. The number of benzene rings is 1. The number of amides is 2. The maximum atomic E-state index is 12.2. The minimum atomic E-state index is -0.345. The molecular formula is C18H27ClN2O2. The number of rotatable bonds is 8. The Morgan fingerprint density at radius 1 is 1.04 bits per heavy atom. The lowest BCUT2D eigenvalue weighted by Gasteiger charge is -2.20. The summed E-state index contributed by atoms with van der Waals surface area (Å²) < 4.78 is 0. The van der Waals surface area contributed by atoms with E-state index in [1.807, 2.05) is 19.1 Å². The van der Waals surface area contributed by atoms with Crippen molar-refractivity contribution in [3.8, 4) is 0 Å². The first-order valence-corrected chi connectivity index (χ1v) is 8.47. The predicted molar refractivity (Wildman–Crippen MR) is 94.3 cm³/mol. The standard InChI is InChI=1S/C18H27ClN2O2/c1-12(2)5-6-13(3)20-18(23)11-17(21-14(4)22)15-7-9-16(19)10-8-15/h7-10,12-13,17H,5-6,11H2,1-4H3,(H,20,23)(H,21,22)/t13-,17-/m1/s1. The van der Waals surface area contributed by atoms with Gasteiger partial charge < -0.3 is 10.6 Å². The van der Waals surface area contributed by atoms with Crippen LogP contribution in [0.25, 0.3) is 0 Å². The summed E-state index contributed by atoms with van der Waals surface area (Å²) in [5.41, 5.74) is 0.870. The van der Waals surface area contributed by atoms with Gasteiger partial charge in [0.15, 0.2) is 0 Å². The Hall–Kier alpha value is -1.55. The van der Waals surface area contributed by atoms with Gasteiger partial charge in [0.25, 0.3) is 0 Å². The van der Waals surface area contributed by atoms with Crippen molar-refractivity contribution >= 4 is 23.4 Å². The van der Waals surface area contributed by atoms with E-state index >= 15 is 0 Å². The highest BCUT2D eigenvalue weighted by Gasteiger charge is 2.18. The van der Waals surface area contributed by atoms with Crippen LogP contribution in [0, 0.1) is 5.92 Å². The third kappa shape index (κ3) is 8.03. The third-order valence-corrected chi connectivity index (χ3v) is 3.88. The molecule has 0 saturated heterocycles. The summed E-state index contributed by atoms with van der Waals surface area (Å²) in [5, 5.41) is 6.46. The summed E-state index contributed by atoms with van der Waals surface area (Å²) in [7, 11) is 0. The summed E-state index contributed by atoms with van der Waals surface area (Å²) in [6.45, 7) is 7.80. The quantitative estimate of drug-likeness (QED) is 0.756. The van der Waals surface area contributed by atoms with Crippen LogP contribution in [0.1, 0.15) is 58.6 Å². The zero-order valence-corrected chi connectivity index (χ0v) is 15.1. The monoisotopic (exact) mass is 338 g/mol. The molecule has 0 aliphatic rings. The van der Waals surface area contributed by atoms with Crippen LogP contribution in [0.4, 0.5) is 0 Å². The van der Waals surface area contributed by atoms with Crippen LogP contribution in [-0.4, -0.2) is 17.9 Å². The first kappa shape index (κ1) is 19.5. The Morgan fingerprint density at radius 2 is 1.65 bits per heavy atom. The smallest absolute Gasteiger partial charge is 0.222 e. The second-order valence-electron chi connectivity index (χ2n) is 6.45. The lowest BCUT2D eigenvalue weighted by Crippen LogP contribution is -2.36. The van der Waals surface area contributed by atoms with Crippen molar-refractivity contribution in [2.24, 2.45) is 5.92 Å². The molecule has 0 aromatic heterocycles. The third-order valence-electron chi connectivity index (χ3n) is 3.62. The number of carbonyl (C=O) groups excluding carboxylic acids is 2. The Morgan fingerprint density at radius 3 is 2.17 bits per heavy atom. The van der Waals surface area contributed by atoms with Crippen molar-refractivity contribution in [3.63, 3.8) is 0 Å². The van der Waals surface area contributed by atoms with Crippen LogP contribution in [-0.2, 0) is 9.59 Å². The van der Waals surface area contributed by atoms with Gasteiger partial charge in [-0.1, -0.05) is 37.6 Å². The van der Waals surface area contributed by atoms with E-state index in [9.17, 15) is 9.59 Å². The van der Waals surface area contributed by atoms with Gasteiger partial charge in [-0.15, -0.1) is 0 Å². The van der Waals surface area contributed by atoms with Gasteiger partial charge in [-0.25, -0.2) is 0 Å². The summed E-state index contributed by atoms with van der Waals surface area (Å²) in [5.74, 6) is 0.399. The molecule has 1 rings (SSSR count). The summed E-state index contributed by atoms with van der Waals surface area (Å²) in [4.78, 5) is 23.6. The van der Waals surface area contributed by atoms with E-state index in [0.29, 0.717) is 10.9 Å². The van der Waals surface area contributed by atoms with E-state index in [2.05, 4.69) is 24.5 Å². The predicted octanol–water partition coefficient (Wildman–Crippen LogP) is 3.85. The highest BCUT2D eigenvalue weighted by Crippen LogP contribution is 2.19. The van der Waals surface area contributed by atoms with Gasteiger partial charge in [0.2, 0.25) is 11.8 Å². The van der Waals surface area contributed by atoms with E-state index in [1.54, 1.807) is 12.1 Å². The average molecular weight is 339 g/mol. The van der Waals surface area contributed by atoms with Crippen molar-refractivity contribution < 1.29 is 9.59 Å². The highest BCUT2D eigenvalue weighted by atomic mass is 35.5. The number of carbonyl (C=O) groups is 2. The van der Waals surface area contributed by atoms with Gasteiger partial charge in [0.05, 0.1) is 12.5 Å². The van der Waals surface area contributed by atoms with E-state index in [4.69, 9.17) is 11.6 Å². The molecule has 0 saturated carbocycles. The molecule has 2 N–H and O–H groups in total. The van der Waals surface area contributed by atoms with Gasteiger partial charge >= 0.3 is 0 Å². The minimum absolute atomic E-state index is 0.0602. The Bertz CT molecular complexity index is 514. The molecule has 0 bridgehead atoms. The first-order chi connectivity index (χ1) is 10.8. The van der Waals surface area contributed by atoms with Crippen molar-refractivity contribution in [3.05, 3.63) is 34.9 Å². The molecule has 4 nitrogen and oxygen atoms in total. The Kier molecular flexibility index (Phi) is 8.10. The number of halogens is 1. The van der Waals surface area contributed by atoms with Gasteiger partial charge in [-0.05, 0) is 43.4 Å². The zero-order valence-electron chi connectivity index (χ0n) is 14.4. The van der Waals surface area contributed by atoms with Crippen LogP contribution in [0.15, 0.2) is 24.3 Å². The van der Waals surface area contributed by atoms with Crippen LogP contribution >= 0.6 is 11.6 Å². The minimum Gasteiger partial charge on any atom is -0.354 e. The van der Waals surface area contributed by atoms with E-state index in [-0.39, 0.29) is 30.3 Å². The molecule has 2 amide bonds. The van der Waals surface area contributed by atoms with Crippen LogP contribution < -0.4 is 10.6 Å². The number of hydrogen-bond donors (Lipinski definition) is 2. The van der Waals surface area contributed by atoms with E-state index in [0.717, 1.165) is 18.4 Å². The molecule has 0 fully saturated rings. The normalized spacial score (nSPS) is 13.5. The SMILES string of the molecule is CC(=O)N[C@H](CC(=O)N[C@H](C)CCC(C)C)c1ccc(Cl)cc1. The largest absolute Gasteiger partial charge is 0.354 e. The molecule has 1 aromatic rings. The molecule has 23 heavy (non-hydrogen) atoms. The van der Waals surface area contributed by atoms with Crippen LogP contribution in [0.3, 0.4) is 0 Å². The molecule has 0 spiro atoms. The highest BCUT2D eigenvalue weighted by molar-refractivity contribution is 6.30. The van der Waals surface area contributed by atoms with Gasteiger partial charge in [-0.3, -0.25) is 9.59 Å². The van der Waals surface area contributed by atoms with Crippen molar-refractivity contribution in [1.82, 2.24) is 10.6 Å². The molecule has 0 aliphatic heterocycles. The van der Waals surface area contributed by atoms with Gasteiger partial charge in [0.1, 0.15) is 0 Å². The average Bonchev–Trinajstić information content (AvgIpc) is 2.44. The maximum absolute atomic E-state index is 12.2. The number of hydrogen-bond acceptors (Lipinski definition) is 2. The van der Waals surface area contributed by atoms with Crippen LogP contribution in [0.5, 0.6) is 0 Å². The molecular weight excluding hydrogens is 312 g/mol. The molecule has 5 heteroatoms.